The van der Waals surface area contributed by atoms with Crippen molar-refractivity contribution >= 4 is 16.8 Å². The van der Waals surface area contributed by atoms with Gasteiger partial charge in [0.15, 0.2) is 0 Å². The number of pyridine rings is 1. The van der Waals surface area contributed by atoms with Gasteiger partial charge in [0.25, 0.3) is 5.91 Å². The van der Waals surface area contributed by atoms with Crippen molar-refractivity contribution < 1.29 is 23.1 Å². The van der Waals surface area contributed by atoms with E-state index in [1.807, 2.05) is 25.1 Å². The summed E-state index contributed by atoms with van der Waals surface area (Å²) in [5.74, 6) is -0.503. The Balaban J connectivity index is 1.79. The normalized spacial score (nSPS) is 12.8. The number of nitrogens with zero attached hydrogens (tertiary/aromatic N) is 1. The van der Waals surface area contributed by atoms with Crippen LogP contribution < -0.4 is 5.32 Å². The lowest BCUT2D eigenvalue weighted by Gasteiger charge is -2.18. The third-order valence-corrected chi connectivity index (χ3v) is 4.49. The lowest BCUT2D eigenvalue weighted by molar-refractivity contribution is -0.139. The fourth-order valence-corrected chi connectivity index (χ4v) is 3.06. The Kier molecular flexibility index (Phi) is 5.38. The maximum atomic E-state index is 13.1. The molecule has 0 aliphatic rings. The highest BCUT2D eigenvalue weighted by Crippen LogP contribution is 2.34. The molecule has 2 aromatic carbocycles. The van der Waals surface area contributed by atoms with E-state index in [0.717, 1.165) is 22.5 Å². The molecular formula is C21H19F3N2O2. The number of carbonyl (C=O) groups is 1. The first-order valence-corrected chi connectivity index (χ1v) is 8.67. The van der Waals surface area contributed by atoms with Gasteiger partial charge in [0.2, 0.25) is 0 Å². The van der Waals surface area contributed by atoms with E-state index in [9.17, 15) is 23.1 Å². The predicted octanol–water partition coefficient (Wildman–Crippen LogP) is 4.33. The molecule has 0 aliphatic heterocycles. The molecular weight excluding hydrogens is 369 g/mol. The van der Waals surface area contributed by atoms with Crippen LogP contribution in [0.2, 0.25) is 0 Å². The van der Waals surface area contributed by atoms with E-state index < -0.39 is 23.8 Å². The van der Waals surface area contributed by atoms with Crippen molar-refractivity contribution in [1.82, 2.24) is 10.3 Å². The van der Waals surface area contributed by atoms with Crippen molar-refractivity contribution in [3.63, 3.8) is 0 Å². The molecule has 4 nitrogen and oxygen atoms in total. The van der Waals surface area contributed by atoms with Crippen LogP contribution in [-0.2, 0) is 6.18 Å². The van der Waals surface area contributed by atoms with Crippen LogP contribution in [0.1, 0.15) is 38.8 Å². The highest BCUT2D eigenvalue weighted by Gasteiger charge is 2.34. The molecule has 1 atom stereocenters. The first kappa shape index (κ1) is 19.8. The molecule has 1 aromatic heterocycles. The monoisotopic (exact) mass is 388 g/mol. The Morgan fingerprint density at radius 1 is 1.14 bits per heavy atom. The largest absolute Gasteiger partial charge is 0.416 e. The van der Waals surface area contributed by atoms with Crippen LogP contribution in [0.4, 0.5) is 13.2 Å². The van der Waals surface area contributed by atoms with Crippen molar-refractivity contribution in [2.45, 2.75) is 26.1 Å². The highest BCUT2D eigenvalue weighted by atomic mass is 19.4. The third-order valence-electron chi connectivity index (χ3n) is 4.49. The molecule has 0 aliphatic carbocycles. The van der Waals surface area contributed by atoms with Gasteiger partial charge in [-0.15, -0.1) is 0 Å². The Morgan fingerprint density at radius 2 is 1.86 bits per heavy atom. The number of halogens is 3. The van der Waals surface area contributed by atoms with E-state index >= 15 is 0 Å². The second-order valence-electron chi connectivity index (χ2n) is 6.63. The van der Waals surface area contributed by atoms with E-state index in [-0.39, 0.29) is 12.1 Å². The number of aliphatic hydroxyl groups excluding tert-OH is 1. The van der Waals surface area contributed by atoms with E-state index in [2.05, 4.69) is 10.3 Å². The Labute approximate surface area is 160 Å². The summed E-state index contributed by atoms with van der Waals surface area (Å²) >= 11 is 0. The minimum Gasteiger partial charge on any atom is -0.387 e. The molecule has 0 spiro atoms. The lowest BCUT2D eigenvalue weighted by atomic mass is 10.0. The number of aryl methyl sites for hydroxylation is 2. The molecule has 1 heterocycles. The van der Waals surface area contributed by atoms with Gasteiger partial charge in [0.05, 0.1) is 28.4 Å². The number of nitrogens with one attached hydrogen (secondary N) is 1. The summed E-state index contributed by atoms with van der Waals surface area (Å²) in [5.41, 5.74) is 1.38. The average Bonchev–Trinajstić information content (AvgIpc) is 2.65. The van der Waals surface area contributed by atoms with Crippen molar-refractivity contribution in [3.8, 4) is 0 Å². The fraction of sp³-hybridized carbons (Fsp3) is 0.238. The van der Waals surface area contributed by atoms with E-state index in [1.165, 1.54) is 18.2 Å². The molecule has 0 fully saturated rings. The van der Waals surface area contributed by atoms with Crippen LogP contribution in [0.3, 0.4) is 0 Å². The number of aliphatic hydroxyl groups is 1. The van der Waals surface area contributed by atoms with Crippen LogP contribution in [-0.4, -0.2) is 22.5 Å². The molecule has 0 saturated carbocycles. The first-order chi connectivity index (χ1) is 13.2. The quantitative estimate of drug-likeness (QED) is 0.699. The van der Waals surface area contributed by atoms with Gasteiger partial charge in [-0.2, -0.15) is 13.2 Å². The topological polar surface area (TPSA) is 62.2 Å². The van der Waals surface area contributed by atoms with E-state index in [1.54, 1.807) is 13.0 Å². The van der Waals surface area contributed by atoms with E-state index in [0.29, 0.717) is 11.3 Å². The highest BCUT2D eigenvalue weighted by molar-refractivity contribution is 5.98. The number of alkyl halides is 3. The zero-order valence-electron chi connectivity index (χ0n) is 15.3. The number of aromatic nitrogens is 1. The average molecular weight is 388 g/mol. The molecule has 7 heteroatoms. The minimum absolute atomic E-state index is 0.278. The van der Waals surface area contributed by atoms with Gasteiger partial charge < -0.3 is 10.4 Å². The molecule has 3 rings (SSSR count). The predicted molar refractivity (Wildman–Crippen MR) is 100.0 cm³/mol. The van der Waals surface area contributed by atoms with Crippen LogP contribution >= 0.6 is 0 Å². The molecule has 146 valence electrons. The molecule has 0 bridgehead atoms. The number of rotatable bonds is 4. The number of hydrogen-bond donors (Lipinski definition) is 2. The Bertz CT molecular complexity index is 1030. The van der Waals surface area contributed by atoms with Crippen molar-refractivity contribution in [2.75, 3.05) is 6.54 Å². The number of benzene rings is 2. The van der Waals surface area contributed by atoms with Gasteiger partial charge in [-0.05, 0) is 43.7 Å². The molecule has 0 unspecified atom stereocenters. The second-order valence-corrected chi connectivity index (χ2v) is 6.63. The maximum Gasteiger partial charge on any atom is 0.416 e. The van der Waals surface area contributed by atoms with Crippen LogP contribution in [0.15, 0.2) is 48.5 Å². The zero-order valence-corrected chi connectivity index (χ0v) is 15.3. The summed E-state index contributed by atoms with van der Waals surface area (Å²) in [6, 6.07) is 12.1. The standard InChI is InChI=1S/C21H19F3N2O2/c1-12-7-8-18-14(9-12)10-16(13(2)26-18)20(28)25-11-19(27)15-5-3-4-6-17(15)21(22,23)24/h3-10,19,27H,11H2,1-2H3,(H,25,28)/t19-/m1/s1. The summed E-state index contributed by atoms with van der Waals surface area (Å²) in [6.07, 6.45) is -6.07. The summed E-state index contributed by atoms with van der Waals surface area (Å²) in [7, 11) is 0. The molecule has 0 saturated heterocycles. The third kappa shape index (κ3) is 4.14. The van der Waals surface area contributed by atoms with Gasteiger partial charge in [-0.3, -0.25) is 9.78 Å². The second kappa shape index (κ2) is 7.59. The van der Waals surface area contributed by atoms with Crippen LogP contribution in [0.25, 0.3) is 10.9 Å². The first-order valence-electron chi connectivity index (χ1n) is 8.67. The minimum atomic E-state index is -4.59. The number of carbonyl (C=O) groups excluding carboxylic acids is 1. The summed E-state index contributed by atoms with van der Waals surface area (Å²) in [5, 5.41) is 13.5. The van der Waals surface area contributed by atoms with Crippen LogP contribution in [0.5, 0.6) is 0 Å². The van der Waals surface area contributed by atoms with Gasteiger partial charge >= 0.3 is 6.18 Å². The SMILES string of the molecule is Cc1ccc2nc(C)c(C(=O)NC[C@@H](O)c3ccccc3C(F)(F)F)cc2c1. The van der Waals surface area contributed by atoms with Crippen molar-refractivity contribution in [2.24, 2.45) is 0 Å². The fourth-order valence-electron chi connectivity index (χ4n) is 3.06. The van der Waals surface area contributed by atoms with Gasteiger partial charge in [-0.25, -0.2) is 0 Å². The van der Waals surface area contributed by atoms with E-state index in [4.69, 9.17) is 0 Å². The van der Waals surface area contributed by atoms with Gasteiger partial charge in [0, 0.05) is 11.9 Å². The number of hydrogen-bond acceptors (Lipinski definition) is 3. The van der Waals surface area contributed by atoms with Gasteiger partial charge in [-0.1, -0.05) is 29.8 Å². The summed E-state index contributed by atoms with van der Waals surface area (Å²) < 4.78 is 39.3. The van der Waals surface area contributed by atoms with Crippen molar-refractivity contribution in [3.05, 3.63) is 76.5 Å². The smallest absolute Gasteiger partial charge is 0.387 e. The Hall–Kier alpha value is -2.93. The molecule has 3 aromatic rings. The molecule has 28 heavy (non-hydrogen) atoms. The zero-order chi connectivity index (χ0) is 20.5. The summed E-state index contributed by atoms with van der Waals surface area (Å²) in [6.45, 7) is 3.26. The molecule has 0 radical (unpaired) electrons. The number of amides is 1. The molecule has 2 N–H and O–H groups in total. The Morgan fingerprint density at radius 3 is 2.57 bits per heavy atom. The summed E-state index contributed by atoms with van der Waals surface area (Å²) in [4.78, 5) is 16.9. The maximum absolute atomic E-state index is 13.1. The van der Waals surface area contributed by atoms with Gasteiger partial charge in [0.1, 0.15) is 0 Å². The lowest BCUT2D eigenvalue weighted by Crippen LogP contribution is -2.30. The van der Waals surface area contributed by atoms with Crippen molar-refractivity contribution in [1.29, 1.82) is 0 Å². The van der Waals surface area contributed by atoms with Crippen LogP contribution in [0, 0.1) is 13.8 Å². The molecule has 1 amide bonds. The number of fused-ring (bicyclic) bond motifs is 1.